The molecule has 1 heterocycles. The molecule has 0 unspecified atom stereocenters. The third kappa shape index (κ3) is 3.03. The van der Waals surface area contributed by atoms with Crippen molar-refractivity contribution in [2.75, 3.05) is 20.3 Å². The van der Waals surface area contributed by atoms with E-state index >= 15 is 0 Å². The number of H-pyrrole nitrogens is 1. The van der Waals surface area contributed by atoms with E-state index in [1.54, 1.807) is 19.4 Å². The second kappa shape index (κ2) is 6.94. The van der Waals surface area contributed by atoms with E-state index in [2.05, 4.69) is 9.88 Å². The second-order valence-corrected chi connectivity index (χ2v) is 8.01. The van der Waals surface area contributed by atoms with Gasteiger partial charge in [-0.25, -0.2) is 0 Å². The average molecular weight is 344 g/mol. The molecule has 1 amide bonds. The van der Waals surface area contributed by atoms with Crippen LogP contribution in [0.15, 0.2) is 23.1 Å². The van der Waals surface area contributed by atoms with Crippen molar-refractivity contribution in [3.8, 4) is 0 Å². The lowest BCUT2D eigenvalue weighted by Gasteiger charge is -2.39. The quantitative estimate of drug-likeness (QED) is 0.807. The molecule has 1 N–H and O–H groups in total. The molecule has 4 rings (SSSR count). The van der Waals surface area contributed by atoms with Crippen LogP contribution in [-0.2, 0) is 4.74 Å². The molecule has 3 aliphatic carbocycles. The van der Waals surface area contributed by atoms with E-state index in [4.69, 9.17) is 4.74 Å². The molecule has 2 bridgehead atoms. The van der Waals surface area contributed by atoms with Crippen molar-refractivity contribution in [3.05, 3.63) is 34.2 Å². The van der Waals surface area contributed by atoms with Gasteiger partial charge in [0.1, 0.15) is 0 Å². The smallest absolute Gasteiger partial charge is 0.254 e. The van der Waals surface area contributed by atoms with E-state index in [9.17, 15) is 9.59 Å². The molecule has 3 fully saturated rings. The lowest BCUT2D eigenvalue weighted by molar-refractivity contribution is 0.0493. The summed E-state index contributed by atoms with van der Waals surface area (Å²) >= 11 is 0. The summed E-state index contributed by atoms with van der Waals surface area (Å²) in [6.45, 7) is 1.37. The van der Waals surface area contributed by atoms with E-state index in [1.807, 2.05) is 0 Å². The van der Waals surface area contributed by atoms with E-state index < -0.39 is 0 Å². The summed E-state index contributed by atoms with van der Waals surface area (Å²) in [5.41, 5.74) is 0.290. The van der Waals surface area contributed by atoms with Crippen LogP contribution in [-0.4, -0.2) is 42.1 Å². The fourth-order valence-electron chi connectivity index (χ4n) is 5.93. The van der Waals surface area contributed by atoms with Crippen LogP contribution in [0.3, 0.4) is 0 Å². The molecule has 3 saturated carbocycles. The Morgan fingerprint density at radius 1 is 1.28 bits per heavy atom. The van der Waals surface area contributed by atoms with Crippen LogP contribution < -0.4 is 5.56 Å². The first-order valence-corrected chi connectivity index (χ1v) is 9.67. The number of aromatic nitrogens is 1. The Hall–Kier alpha value is -1.62. The standard InChI is InChI=1S/C20H28N2O3/c1-25-9-3-8-22(20(24)13-6-7-21-19(23)12-13)18-11-14-10-17(18)16-5-2-4-15(14)16/h6-7,12,14-18H,2-5,8-11H2,1H3,(H,21,23)/t14-,15+,16+,17+,18-/m1/s1. The fraction of sp³-hybridized carbons (Fsp3) is 0.700. The molecular formula is C20H28N2O3. The van der Waals surface area contributed by atoms with Gasteiger partial charge in [0, 0.05) is 44.1 Å². The molecule has 0 spiro atoms. The second-order valence-electron chi connectivity index (χ2n) is 8.01. The molecule has 0 aliphatic heterocycles. The molecule has 3 aliphatic rings. The molecule has 1 aromatic rings. The first-order valence-electron chi connectivity index (χ1n) is 9.67. The highest BCUT2D eigenvalue weighted by Gasteiger charge is 2.55. The van der Waals surface area contributed by atoms with Crippen LogP contribution in [0.2, 0.25) is 0 Å². The number of nitrogens with one attached hydrogen (secondary N) is 1. The van der Waals surface area contributed by atoms with Crippen LogP contribution in [0.4, 0.5) is 0 Å². The van der Waals surface area contributed by atoms with Crippen LogP contribution in [0.5, 0.6) is 0 Å². The van der Waals surface area contributed by atoms with E-state index in [0.29, 0.717) is 30.7 Å². The number of fused-ring (bicyclic) bond motifs is 5. The van der Waals surface area contributed by atoms with Crippen molar-refractivity contribution in [1.82, 2.24) is 9.88 Å². The third-order valence-electron chi connectivity index (χ3n) is 6.82. The van der Waals surface area contributed by atoms with Gasteiger partial charge >= 0.3 is 0 Å². The van der Waals surface area contributed by atoms with Crippen molar-refractivity contribution in [2.24, 2.45) is 23.7 Å². The van der Waals surface area contributed by atoms with Crippen molar-refractivity contribution >= 4 is 5.91 Å². The molecule has 0 saturated heterocycles. The maximum Gasteiger partial charge on any atom is 0.254 e. The number of pyridine rings is 1. The first-order chi connectivity index (χ1) is 12.2. The van der Waals surface area contributed by atoms with Crippen LogP contribution >= 0.6 is 0 Å². The minimum absolute atomic E-state index is 0.00861. The number of nitrogens with zero attached hydrogens (tertiary/aromatic N) is 1. The number of carbonyl (C=O) groups excluding carboxylic acids is 1. The third-order valence-corrected chi connectivity index (χ3v) is 6.82. The molecule has 5 heteroatoms. The van der Waals surface area contributed by atoms with Gasteiger partial charge in [0.2, 0.25) is 5.56 Å². The molecular weight excluding hydrogens is 316 g/mol. The number of ether oxygens (including phenoxy) is 1. The zero-order valence-corrected chi connectivity index (χ0v) is 14.9. The monoisotopic (exact) mass is 344 g/mol. The summed E-state index contributed by atoms with van der Waals surface area (Å²) in [6, 6.07) is 3.49. The number of methoxy groups -OCH3 is 1. The number of aromatic amines is 1. The summed E-state index contributed by atoms with van der Waals surface area (Å²) in [7, 11) is 1.70. The molecule has 5 atom stereocenters. The Kier molecular flexibility index (Phi) is 4.67. The fourth-order valence-corrected chi connectivity index (χ4v) is 5.93. The van der Waals surface area contributed by atoms with E-state index in [-0.39, 0.29) is 11.5 Å². The highest BCUT2D eigenvalue weighted by atomic mass is 16.5. The normalized spacial score (nSPS) is 32.8. The van der Waals surface area contributed by atoms with Crippen LogP contribution in [0, 0.1) is 23.7 Å². The van der Waals surface area contributed by atoms with Crippen molar-refractivity contribution in [1.29, 1.82) is 0 Å². The SMILES string of the molecule is COCCCN(C(=O)c1cc[nH]c(=O)c1)[C@@H]1C[C@H]2C[C@H]1[C@H]1CCC[C@@H]21. The largest absolute Gasteiger partial charge is 0.385 e. The van der Waals surface area contributed by atoms with Gasteiger partial charge in [-0.2, -0.15) is 0 Å². The molecule has 0 aromatic carbocycles. The number of carbonyl (C=O) groups is 1. The zero-order chi connectivity index (χ0) is 17.4. The van der Waals surface area contributed by atoms with Gasteiger partial charge in [-0.05, 0) is 61.8 Å². The highest BCUT2D eigenvalue weighted by Crippen LogP contribution is 2.59. The summed E-state index contributed by atoms with van der Waals surface area (Å²) < 4.78 is 5.20. The highest BCUT2D eigenvalue weighted by molar-refractivity contribution is 5.94. The average Bonchev–Trinajstić information content (AvgIpc) is 3.31. The van der Waals surface area contributed by atoms with Gasteiger partial charge < -0.3 is 14.6 Å². The lowest BCUT2D eigenvalue weighted by atomic mass is 9.78. The van der Waals surface area contributed by atoms with Crippen molar-refractivity contribution in [2.45, 2.75) is 44.6 Å². The number of hydrogen-bond donors (Lipinski definition) is 1. The molecule has 5 nitrogen and oxygen atoms in total. The minimum atomic E-state index is -0.216. The zero-order valence-electron chi connectivity index (χ0n) is 14.9. The molecule has 1 aromatic heterocycles. The number of hydrogen-bond acceptors (Lipinski definition) is 3. The Balaban J connectivity index is 1.56. The van der Waals surface area contributed by atoms with Gasteiger partial charge in [-0.3, -0.25) is 9.59 Å². The Bertz CT molecular complexity index is 686. The number of amides is 1. The van der Waals surface area contributed by atoms with Crippen molar-refractivity contribution in [3.63, 3.8) is 0 Å². The van der Waals surface area contributed by atoms with E-state index in [1.165, 1.54) is 31.7 Å². The maximum absolute atomic E-state index is 13.2. The maximum atomic E-state index is 13.2. The van der Waals surface area contributed by atoms with Gasteiger partial charge in [0.15, 0.2) is 0 Å². The molecule has 136 valence electrons. The minimum Gasteiger partial charge on any atom is -0.385 e. The predicted octanol–water partition coefficient (Wildman–Crippen LogP) is 2.68. The Morgan fingerprint density at radius 2 is 2.12 bits per heavy atom. The molecule has 0 radical (unpaired) electrons. The topological polar surface area (TPSA) is 62.4 Å². The summed E-state index contributed by atoms with van der Waals surface area (Å²) in [5, 5.41) is 0. The summed E-state index contributed by atoms with van der Waals surface area (Å²) in [5.74, 6) is 3.21. The van der Waals surface area contributed by atoms with Gasteiger partial charge in [-0.15, -0.1) is 0 Å². The van der Waals surface area contributed by atoms with Gasteiger partial charge in [0.05, 0.1) is 0 Å². The Labute approximate surface area is 148 Å². The van der Waals surface area contributed by atoms with E-state index in [0.717, 1.165) is 30.6 Å². The number of rotatable bonds is 6. The summed E-state index contributed by atoms with van der Waals surface area (Å²) in [4.78, 5) is 29.5. The van der Waals surface area contributed by atoms with Gasteiger partial charge in [-0.1, -0.05) is 6.42 Å². The van der Waals surface area contributed by atoms with Crippen molar-refractivity contribution < 1.29 is 9.53 Å². The molecule has 25 heavy (non-hydrogen) atoms. The van der Waals surface area contributed by atoms with Gasteiger partial charge in [0.25, 0.3) is 5.91 Å². The van der Waals surface area contributed by atoms with Crippen LogP contribution in [0.1, 0.15) is 48.9 Å². The lowest BCUT2D eigenvalue weighted by Crippen LogP contribution is -2.47. The first kappa shape index (κ1) is 16.8. The Morgan fingerprint density at radius 3 is 2.92 bits per heavy atom. The predicted molar refractivity (Wildman–Crippen MR) is 95.4 cm³/mol. The van der Waals surface area contributed by atoms with Crippen LogP contribution in [0.25, 0.3) is 0 Å². The summed E-state index contributed by atoms with van der Waals surface area (Å²) in [6.07, 6.45) is 8.94.